The fourth-order valence-electron chi connectivity index (χ4n) is 2.89. The number of piperazine rings is 1. The molecule has 1 fully saturated rings. The van der Waals surface area contributed by atoms with E-state index in [1.807, 2.05) is 12.1 Å². The van der Waals surface area contributed by atoms with E-state index in [1.165, 1.54) is 12.1 Å². The molecule has 112 valence electrons. The summed E-state index contributed by atoms with van der Waals surface area (Å²) in [5.41, 5.74) is 6.81. The Bertz CT molecular complexity index is 402. The summed E-state index contributed by atoms with van der Waals surface area (Å²) >= 11 is 0. The van der Waals surface area contributed by atoms with E-state index in [9.17, 15) is 0 Å². The van der Waals surface area contributed by atoms with E-state index in [2.05, 4.69) is 28.9 Å². The van der Waals surface area contributed by atoms with Gasteiger partial charge in [-0.05, 0) is 38.4 Å². The molecule has 0 aromatic heterocycles. The van der Waals surface area contributed by atoms with E-state index < -0.39 is 0 Å². The van der Waals surface area contributed by atoms with Crippen molar-refractivity contribution >= 4 is 5.69 Å². The molecule has 4 nitrogen and oxygen atoms in total. The van der Waals surface area contributed by atoms with Gasteiger partial charge in [0.25, 0.3) is 0 Å². The largest absolute Gasteiger partial charge is 0.495 e. The zero-order chi connectivity index (χ0) is 14.4. The Morgan fingerprint density at radius 1 is 1.20 bits per heavy atom. The van der Waals surface area contributed by atoms with Crippen molar-refractivity contribution in [1.82, 2.24) is 4.90 Å². The van der Waals surface area contributed by atoms with E-state index in [0.29, 0.717) is 6.04 Å². The van der Waals surface area contributed by atoms with Crippen molar-refractivity contribution in [3.63, 3.8) is 0 Å². The minimum atomic E-state index is 0.637. The lowest BCUT2D eigenvalue weighted by Crippen LogP contribution is -2.49. The zero-order valence-electron chi connectivity index (χ0n) is 12.7. The number of hydrogen-bond acceptors (Lipinski definition) is 4. The lowest BCUT2D eigenvalue weighted by Gasteiger charge is -2.39. The lowest BCUT2D eigenvalue weighted by molar-refractivity contribution is 0.186. The highest BCUT2D eigenvalue weighted by molar-refractivity contribution is 5.58. The van der Waals surface area contributed by atoms with Crippen molar-refractivity contribution in [3.05, 3.63) is 24.3 Å². The van der Waals surface area contributed by atoms with Crippen molar-refractivity contribution in [2.75, 3.05) is 44.7 Å². The average molecular weight is 277 g/mol. The summed E-state index contributed by atoms with van der Waals surface area (Å²) in [5, 5.41) is 0. The Morgan fingerprint density at radius 2 is 1.90 bits per heavy atom. The minimum absolute atomic E-state index is 0.637. The third-order valence-electron chi connectivity index (χ3n) is 4.19. The number of benzene rings is 1. The Morgan fingerprint density at radius 3 is 2.55 bits per heavy atom. The number of nitrogens with two attached hydrogens (primary N) is 1. The Balaban J connectivity index is 1.90. The molecule has 0 amide bonds. The molecule has 1 aliphatic heterocycles. The predicted octanol–water partition coefficient (Wildman–Crippen LogP) is 1.94. The van der Waals surface area contributed by atoms with E-state index in [0.717, 1.165) is 44.9 Å². The second kappa shape index (κ2) is 7.50. The molecule has 1 heterocycles. The molecule has 0 bridgehead atoms. The van der Waals surface area contributed by atoms with Gasteiger partial charge in [-0.15, -0.1) is 0 Å². The first-order valence-electron chi connectivity index (χ1n) is 7.58. The second-order valence-corrected chi connectivity index (χ2v) is 5.47. The number of nitrogens with zero attached hydrogens (tertiary/aromatic N) is 2. The van der Waals surface area contributed by atoms with Crippen LogP contribution in [0.25, 0.3) is 0 Å². The van der Waals surface area contributed by atoms with Crippen LogP contribution in [0, 0.1) is 0 Å². The van der Waals surface area contributed by atoms with Crippen LogP contribution in [0.1, 0.15) is 19.8 Å². The second-order valence-electron chi connectivity index (χ2n) is 5.47. The zero-order valence-corrected chi connectivity index (χ0v) is 12.7. The molecule has 1 unspecified atom stereocenters. The van der Waals surface area contributed by atoms with E-state index in [1.54, 1.807) is 7.11 Å². The van der Waals surface area contributed by atoms with Crippen LogP contribution in [0.2, 0.25) is 0 Å². The summed E-state index contributed by atoms with van der Waals surface area (Å²) in [5.74, 6) is 0.970. The molecule has 1 aliphatic rings. The number of anilines is 1. The van der Waals surface area contributed by atoms with E-state index in [-0.39, 0.29) is 0 Å². The van der Waals surface area contributed by atoms with Gasteiger partial charge in [0.15, 0.2) is 0 Å². The maximum absolute atomic E-state index is 5.60. The smallest absolute Gasteiger partial charge is 0.142 e. The monoisotopic (exact) mass is 277 g/mol. The molecule has 0 radical (unpaired) electrons. The molecule has 2 rings (SSSR count). The van der Waals surface area contributed by atoms with Crippen molar-refractivity contribution in [2.45, 2.75) is 25.8 Å². The van der Waals surface area contributed by atoms with Crippen LogP contribution in [-0.4, -0.2) is 50.8 Å². The predicted molar refractivity (Wildman–Crippen MR) is 84.5 cm³/mol. The summed E-state index contributed by atoms with van der Waals surface area (Å²) in [4.78, 5) is 4.99. The van der Waals surface area contributed by atoms with Gasteiger partial charge in [0.1, 0.15) is 5.75 Å². The van der Waals surface area contributed by atoms with Crippen LogP contribution in [0.4, 0.5) is 5.69 Å². The number of hydrogen-bond donors (Lipinski definition) is 1. The van der Waals surface area contributed by atoms with Crippen molar-refractivity contribution < 1.29 is 4.74 Å². The summed E-state index contributed by atoms with van der Waals surface area (Å²) in [7, 11) is 1.74. The fraction of sp³-hybridized carbons (Fsp3) is 0.625. The molecule has 1 atom stereocenters. The van der Waals surface area contributed by atoms with E-state index in [4.69, 9.17) is 10.5 Å². The van der Waals surface area contributed by atoms with Crippen molar-refractivity contribution in [1.29, 1.82) is 0 Å². The van der Waals surface area contributed by atoms with Crippen LogP contribution in [0.5, 0.6) is 5.75 Å². The van der Waals surface area contributed by atoms with Gasteiger partial charge in [-0.25, -0.2) is 0 Å². The number of methoxy groups -OCH3 is 1. The lowest BCUT2D eigenvalue weighted by atomic mass is 10.1. The molecule has 4 heteroatoms. The molecule has 1 aromatic rings. The van der Waals surface area contributed by atoms with Gasteiger partial charge >= 0.3 is 0 Å². The van der Waals surface area contributed by atoms with Gasteiger partial charge in [-0.1, -0.05) is 12.1 Å². The van der Waals surface area contributed by atoms with Gasteiger partial charge in [-0.3, -0.25) is 4.90 Å². The SMILES string of the molecule is COc1ccccc1N1CCN(C(C)CCCN)CC1. The van der Waals surface area contributed by atoms with Gasteiger partial charge in [0, 0.05) is 32.2 Å². The fourth-order valence-corrected chi connectivity index (χ4v) is 2.89. The standard InChI is InChI=1S/C16H27N3O/c1-14(6-5-9-17)18-10-12-19(13-11-18)15-7-3-4-8-16(15)20-2/h3-4,7-8,14H,5-6,9-13,17H2,1-2H3. The highest BCUT2D eigenvalue weighted by Crippen LogP contribution is 2.28. The Labute approximate surface area is 122 Å². The molecule has 20 heavy (non-hydrogen) atoms. The van der Waals surface area contributed by atoms with Gasteiger partial charge in [0.05, 0.1) is 12.8 Å². The van der Waals surface area contributed by atoms with Gasteiger partial charge in [0.2, 0.25) is 0 Å². The highest BCUT2D eigenvalue weighted by atomic mass is 16.5. The van der Waals surface area contributed by atoms with E-state index >= 15 is 0 Å². The quantitative estimate of drug-likeness (QED) is 0.863. The van der Waals surface area contributed by atoms with Crippen LogP contribution < -0.4 is 15.4 Å². The summed E-state index contributed by atoms with van der Waals surface area (Å²) in [6, 6.07) is 8.91. The molecule has 1 saturated heterocycles. The van der Waals surface area contributed by atoms with Crippen LogP contribution in [0.3, 0.4) is 0 Å². The number of rotatable bonds is 6. The third-order valence-corrected chi connectivity index (χ3v) is 4.19. The maximum Gasteiger partial charge on any atom is 0.142 e. The minimum Gasteiger partial charge on any atom is -0.495 e. The summed E-state index contributed by atoms with van der Waals surface area (Å²) in [6.45, 7) is 7.47. The van der Waals surface area contributed by atoms with Gasteiger partial charge < -0.3 is 15.4 Å². The average Bonchev–Trinajstić information content (AvgIpc) is 2.52. The third kappa shape index (κ3) is 3.64. The molecular weight excluding hydrogens is 250 g/mol. The van der Waals surface area contributed by atoms with Gasteiger partial charge in [-0.2, -0.15) is 0 Å². The summed E-state index contributed by atoms with van der Waals surface area (Å²) < 4.78 is 5.46. The highest BCUT2D eigenvalue weighted by Gasteiger charge is 2.22. The first kappa shape index (κ1) is 15.1. The number of ether oxygens (including phenoxy) is 1. The first-order valence-corrected chi connectivity index (χ1v) is 7.58. The maximum atomic E-state index is 5.60. The first-order chi connectivity index (χ1) is 9.76. The number of para-hydroxylation sites is 2. The Kier molecular flexibility index (Phi) is 5.68. The molecular formula is C16H27N3O. The summed E-state index contributed by atoms with van der Waals surface area (Å²) in [6.07, 6.45) is 2.32. The molecule has 0 spiro atoms. The van der Waals surface area contributed by atoms with Crippen molar-refractivity contribution in [3.8, 4) is 5.75 Å². The molecule has 2 N–H and O–H groups in total. The Hall–Kier alpha value is -1.26. The van der Waals surface area contributed by atoms with Crippen molar-refractivity contribution in [2.24, 2.45) is 5.73 Å². The topological polar surface area (TPSA) is 41.7 Å². The normalized spacial score (nSPS) is 18.1. The van der Waals surface area contributed by atoms with Crippen LogP contribution in [-0.2, 0) is 0 Å². The molecule has 0 saturated carbocycles. The van der Waals surface area contributed by atoms with Crippen LogP contribution >= 0.6 is 0 Å². The molecule has 0 aliphatic carbocycles. The molecule has 1 aromatic carbocycles. The van der Waals surface area contributed by atoms with Crippen LogP contribution in [0.15, 0.2) is 24.3 Å².